The summed E-state index contributed by atoms with van der Waals surface area (Å²) in [7, 11) is 0. The zero-order chi connectivity index (χ0) is 14.6. The third-order valence-electron chi connectivity index (χ3n) is 4.83. The van der Waals surface area contributed by atoms with Crippen LogP contribution in [0.25, 0.3) is 10.9 Å². The highest BCUT2D eigenvalue weighted by atomic mass is 16.4. The third-order valence-corrected chi connectivity index (χ3v) is 4.83. The molecule has 2 heterocycles. The van der Waals surface area contributed by atoms with E-state index in [2.05, 4.69) is 9.88 Å². The molecule has 0 unspecified atom stereocenters. The van der Waals surface area contributed by atoms with E-state index >= 15 is 0 Å². The molecule has 1 saturated heterocycles. The Labute approximate surface area is 122 Å². The highest BCUT2D eigenvalue weighted by Gasteiger charge is 2.47. The van der Waals surface area contributed by atoms with Gasteiger partial charge in [0.25, 0.3) is 0 Å². The number of carbonyl (C=O) groups is 1. The molecule has 1 spiro atoms. The minimum absolute atomic E-state index is 0.167. The van der Waals surface area contributed by atoms with Crippen LogP contribution in [0.15, 0.2) is 24.4 Å². The molecule has 108 valence electrons. The fourth-order valence-corrected chi connectivity index (χ4v) is 3.28. The number of pyridine rings is 1. The van der Waals surface area contributed by atoms with Crippen molar-refractivity contribution in [3.63, 3.8) is 0 Å². The average molecular weight is 283 g/mol. The Hall–Kier alpha value is -2.30. The number of nitrogen functional groups attached to an aromatic ring is 1. The first kappa shape index (κ1) is 12.4. The van der Waals surface area contributed by atoms with Gasteiger partial charge in [-0.05, 0) is 42.9 Å². The van der Waals surface area contributed by atoms with Crippen molar-refractivity contribution < 1.29 is 9.90 Å². The second kappa shape index (κ2) is 4.10. The minimum atomic E-state index is -0.983. The van der Waals surface area contributed by atoms with Crippen LogP contribution in [0, 0.1) is 5.41 Å². The molecule has 3 N–H and O–H groups in total. The summed E-state index contributed by atoms with van der Waals surface area (Å²) in [4.78, 5) is 17.7. The molecule has 5 nitrogen and oxygen atoms in total. The van der Waals surface area contributed by atoms with Crippen molar-refractivity contribution in [2.75, 3.05) is 23.7 Å². The Morgan fingerprint density at radius 3 is 2.76 bits per heavy atom. The molecule has 1 saturated carbocycles. The molecule has 2 fully saturated rings. The predicted octanol–water partition coefficient (Wildman–Crippen LogP) is 2.51. The Kier molecular flexibility index (Phi) is 2.43. The summed E-state index contributed by atoms with van der Waals surface area (Å²) in [5.41, 5.74) is 9.29. The maximum atomic E-state index is 11.0. The first-order valence-corrected chi connectivity index (χ1v) is 7.24. The van der Waals surface area contributed by atoms with Crippen LogP contribution in [0.1, 0.15) is 29.6 Å². The monoisotopic (exact) mass is 283 g/mol. The van der Waals surface area contributed by atoms with Crippen molar-refractivity contribution in [2.45, 2.75) is 19.3 Å². The average Bonchev–Trinajstić information content (AvgIpc) is 3.08. The Bertz CT molecular complexity index is 753. The summed E-state index contributed by atoms with van der Waals surface area (Å²) in [5.74, 6) is -0.983. The third kappa shape index (κ3) is 2.00. The van der Waals surface area contributed by atoms with Gasteiger partial charge in [-0.2, -0.15) is 0 Å². The van der Waals surface area contributed by atoms with E-state index < -0.39 is 5.97 Å². The van der Waals surface area contributed by atoms with E-state index in [4.69, 9.17) is 10.8 Å². The normalized spacial score (nSPS) is 19.3. The number of carboxylic acids is 1. The number of hydrogen-bond acceptors (Lipinski definition) is 4. The topological polar surface area (TPSA) is 79.5 Å². The molecule has 1 aliphatic carbocycles. The van der Waals surface area contributed by atoms with Crippen molar-refractivity contribution >= 4 is 28.2 Å². The lowest BCUT2D eigenvalue weighted by atomic mass is 10.1. The number of hydrogen-bond donors (Lipinski definition) is 2. The number of rotatable bonds is 2. The van der Waals surface area contributed by atoms with E-state index in [1.807, 2.05) is 12.1 Å². The largest absolute Gasteiger partial charge is 0.478 e. The number of nitrogens with zero attached hydrogens (tertiary/aromatic N) is 2. The Morgan fingerprint density at radius 2 is 2.10 bits per heavy atom. The highest BCUT2D eigenvalue weighted by molar-refractivity contribution is 5.98. The molecular formula is C16H17N3O2. The fraction of sp³-hybridized carbons (Fsp3) is 0.375. The van der Waals surface area contributed by atoms with Crippen molar-refractivity contribution in [1.82, 2.24) is 4.98 Å². The molecule has 4 rings (SSSR count). The standard InChI is InChI=1S/C16H17N3O2/c17-13-6-11(19-4-3-16(9-19)1-2-16)7-14-12(13)5-10(8-18-14)15(20)21/h5-8H,1-4,9,17H2,(H,20,21). The molecule has 1 aromatic carbocycles. The van der Waals surface area contributed by atoms with Crippen LogP contribution >= 0.6 is 0 Å². The molecule has 2 aromatic rings. The van der Waals surface area contributed by atoms with E-state index in [0.29, 0.717) is 16.5 Å². The summed E-state index contributed by atoms with van der Waals surface area (Å²) >= 11 is 0. The van der Waals surface area contributed by atoms with Gasteiger partial charge in [-0.3, -0.25) is 4.98 Å². The van der Waals surface area contributed by atoms with Gasteiger partial charge in [-0.1, -0.05) is 0 Å². The zero-order valence-corrected chi connectivity index (χ0v) is 11.7. The van der Waals surface area contributed by atoms with Crippen LogP contribution < -0.4 is 10.6 Å². The van der Waals surface area contributed by atoms with Gasteiger partial charge in [-0.25, -0.2) is 4.79 Å². The number of benzene rings is 1. The number of anilines is 2. The van der Waals surface area contributed by atoms with Crippen molar-refractivity contribution in [3.8, 4) is 0 Å². The van der Waals surface area contributed by atoms with Crippen molar-refractivity contribution in [2.24, 2.45) is 5.41 Å². The summed E-state index contributed by atoms with van der Waals surface area (Å²) in [5, 5.41) is 9.75. The number of fused-ring (bicyclic) bond motifs is 1. The summed E-state index contributed by atoms with van der Waals surface area (Å²) in [6.45, 7) is 2.17. The predicted molar refractivity (Wildman–Crippen MR) is 81.6 cm³/mol. The molecule has 21 heavy (non-hydrogen) atoms. The van der Waals surface area contributed by atoms with Gasteiger partial charge in [-0.15, -0.1) is 0 Å². The number of aromatic carboxylic acids is 1. The molecule has 0 amide bonds. The maximum Gasteiger partial charge on any atom is 0.337 e. The molecule has 2 aliphatic rings. The lowest BCUT2D eigenvalue weighted by Crippen LogP contribution is -2.20. The summed E-state index contributed by atoms with van der Waals surface area (Å²) < 4.78 is 0. The molecule has 1 aromatic heterocycles. The van der Waals surface area contributed by atoms with Crippen molar-refractivity contribution in [3.05, 3.63) is 30.0 Å². The van der Waals surface area contributed by atoms with Crippen LogP contribution in [0.2, 0.25) is 0 Å². The van der Waals surface area contributed by atoms with E-state index in [1.54, 1.807) is 6.07 Å². The second-order valence-electron chi connectivity index (χ2n) is 6.30. The van der Waals surface area contributed by atoms with E-state index in [9.17, 15) is 4.79 Å². The van der Waals surface area contributed by atoms with Crippen LogP contribution in [0.5, 0.6) is 0 Å². The van der Waals surface area contributed by atoms with Gasteiger partial charge in [0, 0.05) is 36.0 Å². The first-order chi connectivity index (χ1) is 10.1. The Morgan fingerprint density at radius 1 is 1.29 bits per heavy atom. The molecule has 0 atom stereocenters. The lowest BCUT2D eigenvalue weighted by molar-refractivity contribution is 0.0696. The quantitative estimate of drug-likeness (QED) is 0.828. The Balaban J connectivity index is 1.75. The van der Waals surface area contributed by atoms with Crippen LogP contribution in [0.3, 0.4) is 0 Å². The molecule has 5 heteroatoms. The van der Waals surface area contributed by atoms with Gasteiger partial charge in [0.1, 0.15) is 0 Å². The van der Waals surface area contributed by atoms with Crippen LogP contribution in [-0.2, 0) is 0 Å². The molecular weight excluding hydrogens is 266 g/mol. The SMILES string of the molecule is Nc1cc(N2CCC3(CC3)C2)cc2ncc(C(=O)O)cc12. The zero-order valence-electron chi connectivity index (χ0n) is 11.7. The molecule has 0 bridgehead atoms. The summed E-state index contributed by atoms with van der Waals surface area (Å²) in [6.07, 6.45) is 5.33. The van der Waals surface area contributed by atoms with E-state index in [0.717, 1.165) is 24.3 Å². The second-order valence-corrected chi connectivity index (χ2v) is 6.30. The van der Waals surface area contributed by atoms with Gasteiger partial charge < -0.3 is 15.7 Å². The number of carboxylic acid groups (broad SMARTS) is 1. The first-order valence-electron chi connectivity index (χ1n) is 7.24. The highest BCUT2D eigenvalue weighted by Crippen LogP contribution is 2.53. The van der Waals surface area contributed by atoms with Gasteiger partial charge in [0.2, 0.25) is 0 Å². The lowest BCUT2D eigenvalue weighted by Gasteiger charge is -2.20. The van der Waals surface area contributed by atoms with E-state index in [1.165, 1.54) is 25.5 Å². The molecule has 1 aliphatic heterocycles. The van der Waals surface area contributed by atoms with Crippen LogP contribution in [-0.4, -0.2) is 29.1 Å². The molecule has 0 radical (unpaired) electrons. The number of aromatic nitrogens is 1. The van der Waals surface area contributed by atoms with Gasteiger partial charge in [0.05, 0.1) is 11.1 Å². The fourth-order valence-electron chi connectivity index (χ4n) is 3.28. The van der Waals surface area contributed by atoms with Crippen molar-refractivity contribution in [1.29, 1.82) is 0 Å². The smallest absolute Gasteiger partial charge is 0.337 e. The van der Waals surface area contributed by atoms with Gasteiger partial charge >= 0.3 is 5.97 Å². The number of nitrogens with two attached hydrogens (primary N) is 1. The van der Waals surface area contributed by atoms with Gasteiger partial charge in [0.15, 0.2) is 0 Å². The summed E-state index contributed by atoms with van der Waals surface area (Å²) in [6, 6.07) is 5.55. The maximum absolute atomic E-state index is 11.0. The van der Waals surface area contributed by atoms with E-state index in [-0.39, 0.29) is 5.56 Å². The minimum Gasteiger partial charge on any atom is -0.478 e. The van der Waals surface area contributed by atoms with Crippen LogP contribution in [0.4, 0.5) is 11.4 Å².